The van der Waals surface area contributed by atoms with Crippen LogP contribution in [0.2, 0.25) is 0 Å². The summed E-state index contributed by atoms with van der Waals surface area (Å²) in [7, 11) is -2.46. The molecule has 66 heavy (non-hydrogen) atoms. The van der Waals surface area contributed by atoms with Crippen molar-refractivity contribution in [3.8, 4) is 0 Å². The van der Waals surface area contributed by atoms with Gasteiger partial charge in [0.25, 0.3) is 23.6 Å². The Kier molecular flexibility index (Phi) is 14.2. The van der Waals surface area contributed by atoms with Crippen molar-refractivity contribution in [2.24, 2.45) is 0 Å². The molecule has 0 aliphatic heterocycles. The van der Waals surface area contributed by atoms with E-state index in [2.05, 4.69) is 29.9 Å². The summed E-state index contributed by atoms with van der Waals surface area (Å²) in [4.78, 5) is 83.6. The number of rotatable bonds is 18. The summed E-state index contributed by atoms with van der Waals surface area (Å²) in [5.74, 6) is -2.04. The number of benzene rings is 4. The fraction of sp³-hybridized carbons (Fsp3) is 0.125. The molecule has 4 amide bonds. The van der Waals surface area contributed by atoms with Crippen LogP contribution in [0.25, 0.3) is 22.3 Å². The molecule has 328 valence electrons. The average Bonchev–Trinajstić information content (AvgIpc) is 3.99. The largest absolute Gasteiger partial charge is 0.804 e. The van der Waals surface area contributed by atoms with Gasteiger partial charge in [-0.1, -0.05) is 72.8 Å². The lowest BCUT2D eigenvalue weighted by Crippen LogP contribution is -2.38. The number of carbonyl (C=O) groups excluding carboxylic acids is 4. The predicted octanol–water partition coefficient (Wildman–Crippen LogP) is 8.92. The lowest BCUT2D eigenvalue weighted by Gasteiger charge is -2.20. The third kappa shape index (κ3) is 10.1. The average molecular weight is 900 g/mol. The number of hydrogen-bond donors (Lipinski definition) is 0. The van der Waals surface area contributed by atoms with Crippen molar-refractivity contribution in [1.82, 2.24) is 39.0 Å². The van der Waals surface area contributed by atoms with Gasteiger partial charge in [0, 0.05) is 39.9 Å². The number of imide groups is 2. The Bertz CT molecular complexity index is 2750. The van der Waals surface area contributed by atoms with Crippen molar-refractivity contribution in [3.05, 3.63) is 194 Å². The lowest BCUT2D eigenvalue weighted by molar-refractivity contribution is 0.0881. The van der Waals surface area contributed by atoms with Gasteiger partial charge in [0.2, 0.25) is 0 Å². The van der Waals surface area contributed by atoms with Gasteiger partial charge in [0.15, 0.2) is 46.5 Å². The normalized spacial score (nSPS) is 11.5. The van der Waals surface area contributed by atoms with Gasteiger partial charge in [0.05, 0.1) is 12.7 Å². The van der Waals surface area contributed by atoms with Gasteiger partial charge >= 0.3 is 8.25 Å². The Morgan fingerprint density at radius 2 is 0.818 bits per heavy atom. The molecule has 17 nitrogen and oxygen atoms in total. The fourth-order valence-electron chi connectivity index (χ4n) is 6.90. The van der Waals surface area contributed by atoms with E-state index in [0.717, 1.165) is 9.80 Å². The summed E-state index contributed by atoms with van der Waals surface area (Å²) < 4.78 is 26.4. The van der Waals surface area contributed by atoms with E-state index in [9.17, 15) is 23.7 Å². The van der Waals surface area contributed by atoms with E-state index in [1.807, 2.05) is 0 Å². The van der Waals surface area contributed by atoms with Crippen molar-refractivity contribution < 1.29 is 32.8 Å². The van der Waals surface area contributed by atoms with Gasteiger partial charge in [0.1, 0.15) is 12.7 Å². The number of carbonyl (C=O) groups is 4. The second-order valence-electron chi connectivity index (χ2n) is 14.4. The van der Waals surface area contributed by atoms with Crippen LogP contribution in [0.15, 0.2) is 171 Å². The first-order chi connectivity index (χ1) is 32.4. The van der Waals surface area contributed by atoms with Crippen LogP contribution in [0.4, 0.5) is 11.6 Å². The Balaban J connectivity index is 0.814. The molecule has 4 heterocycles. The van der Waals surface area contributed by atoms with Crippen LogP contribution in [0.1, 0.15) is 67.1 Å². The van der Waals surface area contributed by atoms with Crippen LogP contribution in [0, 0.1) is 0 Å². The predicted molar refractivity (Wildman–Crippen MR) is 245 cm³/mol. The minimum Gasteiger partial charge on any atom is -0.315 e. The Labute approximate surface area is 378 Å². The van der Waals surface area contributed by atoms with Crippen LogP contribution in [0.3, 0.4) is 0 Å². The number of imidazole rings is 2. The SMILES string of the molecule is O=C(c1ccccc1)N(C(=O)c1ccccc1)c1ncnc2c1ncn2CCCC=CO[P+](=O)OC=CCCCn1cnc2c(N(C(=O)c3ccccc3)C(=O)c3ccccc3)ncnc21. The minimum absolute atomic E-state index is 0.0733. The number of amides is 4. The minimum atomic E-state index is -2.46. The van der Waals surface area contributed by atoms with Gasteiger partial charge in [-0.05, 0) is 86.4 Å². The molecule has 0 spiro atoms. The van der Waals surface area contributed by atoms with E-state index in [0.29, 0.717) is 83.4 Å². The molecule has 0 fully saturated rings. The van der Waals surface area contributed by atoms with E-state index >= 15 is 0 Å². The second kappa shape index (κ2) is 21.2. The third-order valence-electron chi connectivity index (χ3n) is 10.1. The quantitative estimate of drug-likeness (QED) is 0.0343. The Hall–Kier alpha value is -8.56. The summed E-state index contributed by atoms with van der Waals surface area (Å²) in [6, 6.07) is 34.0. The molecule has 0 saturated heterocycles. The van der Waals surface area contributed by atoms with Crippen molar-refractivity contribution in [2.75, 3.05) is 9.80 Å². The summed E-state index contributed by atoms with van der Waals surface area (Å²) in [6.07, 6.45) is 14.2. The molecule has 0 N–H and O–H groups in total. The number of anilines is 2. The van der Waals surface area contributed by atoms with E-state index in [4.69, 9.17) is 9.05 Å². The number of fused-ring (bicyclic) bond motifs is 2. The molecule has 0 radical (unpaired) electrons. The van der Waals surface area contributed by atoms with Crippen molar-refractivity contribution in [2.45, 2.75) is 38.8 Å². The van der Waals surface area contributed by atoms with Gasteiger partial charge in [-0.3, -0.25) is 19.2 Å². The number of unbranched alkanes of at least 4 members (excludes halogenated alkanes) is 2. The number of aryl methyl sites for hydroxylation is 2. The molecule has 8 rings (SSSR count). The first-order valence-corrected chi connectivity index (χ1v) is 21.9. The highest BCUT2D eigenvalue weighted by Gasteiger charge is 2.32. The maximum absolute atomic E-state index is 13.8. The third-order valence-corrected chi connectivity index (χ3v) is 10.7. The molecular formula is C48H40N10O7P+. The van der Waals surface area contributed by atoms with Crippen LogP contribution < -0.4 is 9.80 Å². The molecule has 0 bridgehead atoms. The highest BCUT2D eigenvalue weighted by atomic mass is 31.1. The number of hydrogen-bond acceptors (Lipinski definition) is 13. The maximum Gasteiger partial charge on any atom is 0.804 e. The standard InChI is InChI=1S/C48H40N10O7P/c59-45(35-19-7-1-8-20-35)57(46(60)36-21-9-2-10-22-36)43-39-41(49-31-51-43)55(33-53-39)27-15-5-17-29-64-66(63)65-30-18-6-16-28-56-34-54-40-42(56)50-32-52-44(40)58(47(61)37-23-11-3-12-24-37)48(62)38-25-13-4-14-26-38/h1-4,7-14,17-26,29-34H,5-6,15-16,27-28H2/q+1. The molecule has 0 aliphatic rings. The summed E-state index contributed by atoms with van der Waals surface area (Å²) in [5.41, 5.74) is 2.76. The highest BCUT2D eigenvalue weighted by molar-refractivity contribution is 7.33. The number of aromatic nitrogens is 8. The summed E-state index contributed by atoms with van der Waals surface area (Å²) >= 11 is 0. The van der Waals surface area contributed by atoms with Gasteiger partial charge in [-0.2, -0.15) is 0 Å². The van der Waals surface area contributed by atoms with Gasteiger partial charge in [-0.15, -0.1) is 0 Å². The van der Waals surface area contributed by atoms with E-state index in [1.165, 1.54) is 25.2 Å². The fourth-order valence-corrected chi connectivity index (χ4v) is 7.33. The molecular weight excluding hydrogens is 860 g/mol. The van der Waals surface area contributed by atoms with Crippen LogP contribution >= 0.6 is 8.25 Å². The van der Waals surface area contributed by atoms with Crippen molar-refractivity contribution >= 4 is 65.8 Å². The van der Waals surface area contributed by atoms with Crippen LogP contribution in [-0.4, -0.2) is 62.7 Å². The van der Waals surface area contributed by atoms with Gasteiger partial charge < -0.3 is 9.13 Å². The zero-order valence-electron chi connectivity index (χ0n) is 35.2. The topological polar surface area (TPSA) is 197 Å². The molecule has 8 aromatic rings. The second-order valence-corrected chi connectivity index (χ2v) is 15.3. The highest BCUT2D eigenvalue weighted by Crippen LogP contribution is 2.28. The first-order valence-electron chi connectivity index (χ1n) is 20.8. The summed E-state index contributed by atoms with van der Waals surface area (Å²) in [5, 5.41) is 0. The maximum atomic E-state index is 13.8. The zero-order chi connectivity index (χ0) is 45.7. The number of nitrogens with zero attached hydrogens (tertiary/aromatic N) is 10. The molecule has 0 saturated carbocycles. The molecule has 0 unspecified atom stereocenters. The lowest BCUT2D eigenvalue weighted by atomic mass is 10.1. The van der Waals surface area contributed by atoms with E-state index < -0.39 is 31.9 Å². The van der Waals surface area contributed by atoms with Gasteiger partial charge in [-0.25, -0.2) is 48.8 Å². The molecule has 0 atom stereocenters. The van der Waals surface area contributed by atoms with Crippen LogP contribution in [-0.2, 0) is 26.7 Å². The Morgan fingerprint density at radius 1 is 0.485 bits per heavy atom. The van der Waals surface area contributed by atoms with E-state index in [1.54, 1.807) is 155 Å². The summed E-state index contributed by atoms with van der Waals surface area (Å²) in [6.45, 7) is 0.983. The first kappa shape index (κ1) is 44.1. The zero-order valence-corrected chi connectivity index (χ0v) is 36.1. The molecule has 4 aromatic carbocycles. The van der Waals surface area contributed by atoms with E-state index in [-0.39, 0.29) is 11.6 Å². The molecule has 4 aromatic heterocycles. The van der Waals surface area contributed by atoms with Crippen LogP contribution in [0.5, 0.6) is 0 Å². The number of allylic oxidation sites excluding steroid dienone is 2. The Morgan fingerprint density at radius 3 is 1.15 bits per heavy atom. The van der Waals surface area contributed by atoms with Crippen molar-refractivity contribution in [3.63, 3.8) is 0 Å². The molecule has 0 aliphatic carbocycles. The molecule has 18 heteroatoms. The van der Waals surface area contributed by atoms with Crippen molar-refractivity contribution in [1.29, 1.82) is 0 Å². The monoisotopic (exact) mass is 899 g/mol. The smallest absolute Gasteiger partial charge is 0.315 e.